The molecule has 0 aliphatic heterocycles. The standard InChI is InChI=1S/C18H32O2/c1-5-6-7-8-9-10-11-12-13-14-18(15-16(2)3)20-17(4)19/h1,16,18H,6-15H2,2-4H3/t18-/m1/s1. The molecule has 0 saturated heterocycles. The quantitative estimate of drug-likeness (QED) is 0.282. The number of rotatable bonds is 12. The van der Waals surface area contributed by atoms with Gasteiger partial charge in [0.1, 0.15) is 6.10 Å². The average molecular weight is 280 g/mol. The Labute approximate surface area is 125 Å². The van der Waals surface area contributed by atoms with Crippen LogP contribution in [0.4, 0.5) is 0 Å². The van der Waals surface area contributed by atoms with Crippen LogP contribution in [0.25, 0.3) is 0 Å². The molecule has 0 aromatic rings. The lowest BCUT2D eigenvalue weighted by Crippen LogP contribution is -2.18. The van der Waals surface area contributed by atoms with E-state index < -0.39 is 0 Å². The van der Waals surface area contributed by atoms with Gasteiger partial charge in [0.05, 0.1) is 0 Å². The van der Waals surface area contributed by atoms with Gasteiger partial charge in [-0.3, -0.25) is 4.79 Å². The SMILES string of the molecule is C#CCCCCCCCCC[C@H](CC(C)C)OC(C)=O. The predicted molar refractivity (Wildman–Crippen MR) is 85.4 cm³/mol. The number of hydrogen-bond acceptors (Lipinski definition) is 2. The third kappa shape index (κ3) is 13.5. The predicted octanol–water partition coefficient (Wildman–Crippen LogP) is 5.11. The Hall–Kier alpha value is -0.970. The van der Waals surface area contributed by atoms with Crippen LogP contribution >= 0.6 is 0 Å². The molecule has 0 heterocycles. The molecule has 2 nitrogen and oxygen atoms in total. The molecule has 0 aromatic carbocycles. The highest BCUT2D eigenvalue weighted by Gasteiger charge is 2.13. The molecule has 0 saturated carbocycles. The van der Waals surface area contributed by atoms with Crippen molar-refractivity contribution in [2.75, 3.05) is 0 Å². The van der Waals surface area contributed by atoms with Gasteiger partial charge in [0.2, 0.25) is 0 Å². The summed E-state index contributed by atoms with van der Waals surface area (Å²) >= 11 is 0. The number of hydrogen-bond donors (Lipinski definition) is 0. The van der Waals surface area contributed by atoms with Crippen LogP contribution in [0.5, 0.6) is 0 Å². The van der Waals surface area contributed by atoms with Gasteiger partial charge in [-0.1, -0.05) is 46.0 Å². The van der Waals surface area contributed by atoms with Crippen LogP contribution in [0, 0.1) is 18.3 Å². The van der Waals surface area contributed by atoms with Gasteiger partial charge in [-0.25, -0.2) is 0 Å². The van der Waals surface area contributed by atoms with E-state index in [9.17, 15) is 4.79 Å². The zero-order valence-corrected chi connectivity index (χ0v) is 13.6. The summed E-state index contributed by atoms with van der Waals surface area (Å²) in [4.78, 5) is 11.1. The maximum absolute atomic E-state index is 11.1. The second-order valence-corrected chi connectivity index (χ2v) is 6.08. The van der Waals surface area contributed by atoms with Crippen LogP contribution in [0.3, 0.4) is 0 Å². The van der Waals surface area contributed by atoms with Gasteiger partial charge in [0.15, 0.2) is 0 Å². The van der Waals surface area contributed by atoms with Crippen molar-refractivity contribution in [1.29, 1.82) is 0 Å². The van der Waals surface area contributed by atoms with Crippen molar-refractivity contribution in [2.45, 2.75) is 91.1 Å². The summed E-state index contributed by atoms with van der Waals surface area (Å²) in [6.45, 7) is 5.85. The van der Waals surface area contributed by atoms with Crippen molar-refractivity contribution in [1.82, 2.24) is 0 Å². The highest BCUT2D eigenvalue weighted by Crippen LogP contribution is 2.17. The van der Waals surface area contributed by atoms with Crippen molar-refractivity contribution < 1.29 is 9.53 Å². The van der Waals surface area contributed by atoms with E-state index in [0.29, 0.717) is 5.92 Å². The molecule has 0 N–H and O–H groups in total. The Balaban J connectivity index is 3.53. The molecule has 1 atom stereocenters. The lowest BCUT2D eigenvalue weighted by atomic mass is 10.00. The van der Waals surface area contributed by atoms with Crippen molar-refractivity contribution in [3.8, 4) is 12.3 Å². The fourth-order valence-electron chi connectivity index (χ4n) is 2.47. The highest BCUT2D eigenvalue weighted by atomic mass is 16.5. The van der Waals surface area contributed by atoms with Crippen LogP contribution in [0.1, 0.15) is 85.0 Å². The van der Waals surface area contributed by atoms with Gasteiger partial charge in [-0.2, -0.15) is 0 Å². The van der Waals surface area contributed by atoms with E-state index in [1.165, 1.54) is 45.4 Å². The summed E-state index contributed by atoms with van der Waals surface area (Å²) < 4.78 is 5.38. The van der Waals surface area contributed by atoms with E-state index in [-0.39, 0.29) is 12.1 Å². The van der Waals surface area contributed by atoms with E-state index in [2.05, 4.69) is 19.8 Å². The number of terminal acetylenes is 1. The summed E-state index contributed by atoms with van der Waals surface area (Å²) in [6.07, 6.45) is 16.9. The summed E-state index contributed by atoms with van der Waals surface area (Å²) in [5.74, 6) is 3.11. The van der Waals surface area contributed by atoms with E-state index in [0.717, 1.165) is 25.7 Å². The van der Waals surface area contributed by atoms with E-state index in [4.69, 9.17) is 11.2 Å². The van der Waals surface area contributed by atoms with Crippen molar-refractivity contribution in [2.24, 2.45) is 5.92 Å². The minimum absolute atomic E-state index is 0.114. The Morgan fingerprint density at radius 1 is 1.05 bits per heavy atom. The van der Waals surface area contributed by atoms with Crippen LogP contribution in [-0.4, -0.2) is 12.1 Å². The van der Waals surface area contributed by atoms with Crippen LogP contribution in [0.2, 0.25) is 0 Å². The second-order valence-electron chi connectivity index (χ2n) is 6.08. The third-order valence-electron chi connectivity index (χ3n) is 3.41. The van der Waals surface area contributed by atoms with Gasteiger partial charge in [0, 0.05) is 13.3 Å². The molecular formula is C18H32O2. The van der Waals surface area contributed by atoms with Gasteiger partial charge in [-0.15, -0.1) is 12.3 Å². The fourth-order valence-corrected chi connectivity index (χ4v) is 2.47. The minimum atomic E-state index is -0.149. The maximum Gasteiger partial charge on any atom is 0.302 e. The highest BCUT2D eigenvalue weighted by molar-refractivity contribution is 5.66. The molecule has 0 aromatic heterocycles. The molecule has 0 bridgehead atoms. The van der Waals surface area contributed by atoms with Gasteiger partial charge in [-0.05, 0) is 31.6 Å². The molecule has 0 amide bonds. The molecule has 0 unspecified atom stereocenters. The molecule has 0 aliphatic carbocycles. The zero-order chi connectivity index (χ0) is 15.2. The molecule has 0 spiro atoms. The van der Waals surface area contributed by atoms with Gasteiger partial charge >= 0.3 is 5.97 Å². The van der Waals surface area contributed by atoms with Crippen LogP contribution < -0.4 is 0 Å². The molecular weight excluding hydrogens is 248 g/mol. The molecule has 0 aliphatic rings. The first kappa shape index (κ1) is 19.0. The molecule has 20 heavy (non-hydrogen) atoms. The largest absolute Gasteiger partial charge is 0.463 e. The van der Waals surface area contributed by atoms with Gasteiger partial charge in [0.25, 0.3) is 0 Å². The Bertz CT molecular complexity index is 276. The Morgan fingerprint density at radius 2 is 1.60 bits per heavy atom. The number of ether oxygens (including phenoxy) is 1. The number of esters is 1. The average Bonchev–Trinajstić information content (AvgIpc) is 2.35. The number of carbonyl (C=O) groups excluding carboxylic acids is 1. The number of carbonyl (C=O) groups is 1. The summed E-state index contributed by atoms with van der Waals surface area (Å²) in [5.41, 5.74) is 0. The molecule has 116 valence electrons. The van der Waals surface area contributed by atoms with Crippen molar-refractivity contribution >= 4 is 5.97 Å². The topological polar surface area (TPSA) is 26.3 Å². The molecule has 0 radical (unpaired) electrons. The minimum Gasteiger partial charge on any atom is -0.463 e. The molecule has 2 heteroatoms. The Kier molecular flexibility index (Phi) is 12.4. The van der Waals surface area contributed by atoms with E-state index in [1.807, 2.05) is 0 Å². The first-order valence-electron chi connectivity index (χ1n) is 8.17. The van der Waals surface area contributed by atoms with Crippen LogP contribution in [0.15, 0.2) is 0 Å². The van der Waals surface area contributed by atoms with Crippen LogP contribution in [-0.2, 0) is 9.53 Å². The molecule has 0 rings (SSSR count). The summed E-state index contributed by atoms with van der Waals surface area (Å²) in [7, 11) is 0. The lowest BCUT2D eigenvalue weighted by molar-refractivity contribution is -0.147. The monoisotopic (exact) mass is 280 g/mol. The molecule has 0 fully saturated rings. The van der Waals surface area contributed by atoms with Crippen molar-refractivity contribution in [3.05, 3.63) is 0 Å². The van der Waals surface area contributed by atoms with Crippen molar-refractivity contribution in [3.63, 3.8) is 0 Å². The first-order chi connectivity index (χ1) is 9.56. The van der Waals surface area contributed by atoms with E-state index in [1.54, 1.807) is 0 Å². The lowest BCUT2D eigenvalue weighted by Gasteiger charge is -2.18. The number of unbranched alkanes of at least 4 members (excludes halogenated alkanes) is 7. The first-order valence-corrected chi connectivity index (χ1v) is 8.17. The maximum atomic E-state index is 11.1. The second kappa shape index (κ2) is 13.0. The van der Waals surface area contributed by atoms with Gasteiger partial charge < -0.3 is 4.74 Å². The normalized spacial score (nSPS) is 12.2. The smallest absolute Gasteiger partial charge is 0.302 e. The zero-order valence-electron chi connectivity index (χ0n) is 13.6. The third-order valence-corrected chi connectivity index (χ3v) is 3.41. The Morgan fingerprint density at radius 3 is 2.10 bits per heavy atom. The summed E-state index contributed by atoms with van der Waals surface area (Å²) in [6, 6.07) is 0. The summed E-state index contributed by atoms with van der Waals surface area (Å²) in [5, 5.41) is 0. The fraction of sp³-hybridized carbons (Fsp3) is 0.833. The van der Waals surface area contributed by atoms with E-state index >= 15 is 0 Å².